The van der Waals surface area contributed by atoms with Crippen LogP contribution in [0.5, 0.6) is 5.88 Å². The molecule has 0 spiro atoms. The molecule has 38 heteroatoms. The van der Waals surface area contributed by atoms with Crippen LogP contribution in [0.15, 0.2) is 121 Å². The standard InChI is InChI=1S/C102H140F3N11O24/c1-64-17-12-11-13-18-65(2)85(128-8)57-75-26-21-69(6)101(127,140-75)95(122)97(124)116-32-15-14-19-81(116)98(125)138-86(58-83(117)66(3)52-68(5)93(120)94(121)92(119)67(4)51-64)78(106)53-70-22-29-84(87(54-70)129-9)139-100(126)107-31-38-132-40-42-134-44-46-136-48-50-137-49-47-135-45-43-133-41-39-131-37-16-20-88(118)109-59-71-60-111-99(112-61-71)115-35-33-114(34-36-115)80-28-24-73(56-77(80)102(103,104)105)90-91-76-55-72(74-25-30-89(130-10)110-62-74)23-27-79(76)108-63-82(91)113(7)96(90)123/h11-13,17-18,23-25,27-28,30,52,55-56,60-64,66-67,69-70,75,78,81,84-87,90,93-94,120-121,127H,14-16,19-22,26,29,31-51,53-54,57-59,106H2,1-10H3,(H,107,126)(H,109,118)/b13-11+,17-12+,65-18+,68-52+/t64-,66-,67-,69-,70+,75+,78-,81+,84-,85+,86+,87-,90?,93-,94+,101-/m1/s1. The SMILES string of the molecule is COc1ccc(-c2ccc3ncc4c(c3c2)C(c2ccc(N3CCN(c5ncc(CNC(=O)CCCOCCOCCOCCOCCOCCOCCOCCNC(=O)O[C@@H]6CC[C@@H](C[C@@H](N)[C@@H]7CC(=O)[C@H](C)/C=C(\C)[C@@H](O)[C@@H](O)C(=O)[C@H](C)C[C@H](C)/C=C/C=C/C=C(\C)[C@@H](OC)C[C@@H]8CC[C@@H](C)[C@@](O)(O8)C(=O)C(=O)N8CCCC[C@H]8C(=O)O7)C[C@H]6OC)cn5)CC3)c(C(F)(F)F)c2)C(=O)N4C)cn1. The zero-order valence-electron chi connectivity index (χ0n) is 82.0. The summed E-state index contributed by atoms with van der Waals surface area (Å²) in [6.45, 7) is 16.4. The van der Waals surface area contributed by atoms with Crippen LogP contribution in [0, 0.1) is 29.6 Å². The third kappa shape index (κ3) is 30.9. The number of benzene rings is 2. The summed E-state index contributed by atoms with van der Waals surface area (Å²) in [4.78, 5) is 135. The number of alkyl carbamates (subject to hydrolysis) is 1. The van der Waals surface area contributed by atoms with Crippen LogP contribution < -0.4 is 35.8 Å². The Morgan fingerprint density at radius 3 is 1.96 bits per heavy atom. The van der Waals surface area contributed by atoms with E-state index in [9.17, 15) is 53.7 Å². The van der Waals surface area contributed by atoms with Crippen molar-refractivity contribution in [2.24, 2.45) is 35.3 Å². The molecule has 6 aliphatic rings. The number of carbonyl (C=O) groups is 8. The number of rotatable bonds is 38. The van der Waals surface area contributed by atoms with Crippen molar-refractivity contribution in [3.8, 4) is 17.0 Å². The monoisotopic (exact) mass is 1960 g/mol. The lowest BCUT2D eigenvalue weighted by atomic mass is 9.80. The number of nitrogens with one attached hydrogen (secondary N) is 2. The first-order chi connectivity index (χ1) is 67.3. The molecule has 1 saturated carbocycles. The van der Waals surface area contributed by atoms with E-state index in [4.69, 9.17) is 67.3 Å². The average Bonchev–Trinajstić information content (AvgIpc) is 1.58. The number of allylic oxidation sites excluding steroid dienone is 6. The number of ketones is 3. The molecule has 3 aromatic heterocycles. The molecule has 11 rings (SSSR count). The Morgan fingerprint density at radius 1 is 0.657 bits per heavy atom. The fraction of sp³-hybridized carbons (Fsp3) is 0.608. The highest BCUT2D eigenvalue weighted by atomic mass is 19.4. The first kappa shape index (κ1) is 110. The van der Waals surface area contributed by atoms with Crippen LogP contribution in [0.3, 0.4) is 0 Å². The quantitative estimate of drug-likeness (QED) is 0.00925. The van der Waals surface area contributed by atoms with Gasteiger partial charge in [0.15, 0.2) is 5.78 Å². The molecule has 1 aliphatic carbocycles. The molecule has 4 fully saturated rings. The highest BCUT2D eigenvalue weighted by Crippen LogP contribution is 2.48. The Balaban J connectivity index is 0.506. The zero-order chi connectivity index (χ0) is 101. The molecule has 5 aliphatic heterocycles. The molecule has 16 atom stereocenters. The van der Waals surface area contributed by atoms with Gasteiger partial charge in [-0.25, -0.2) is 24.5 Å². The van der Waals surface area contributed by atoms with E-state index in [-0.39, 0.29) is 112 Å². The molecule has 7 N–H and O–H groups in total. The summed E-state index contributed by atoms with van der Waals surface area (Å²) in [6.07, 6.45) is 9.07. The topological polar surface area (TPSA) is 432 Å². The van der Waals surface area contributed by atoms with Crippen LogP contribution in [0.2, 0.25) is 0 Å². The second-order valence-electron chi connectivity index (χ2n) is 36.9. The van der Waals surface area contributed by atoms with Crippen LogP contribution in [0.4, 0.5) is 35.3 Å². The predicted molar refractivity (Wildman–Crippen MR) is 513 cm³/mol. The van der Waals surface area contributed by atoms with Crippen molar-refractivity contribution >= 4 is 75.4 Å². The lowest BCUT2D eigenvalue weighted by Gasteiger charge is -2.42. The number of halogens is 3. The van der Waals surface area contributed by atoms with Gasteiger partial charge in [-0.05, 0) is 149 Å². The Morgan fingerprint density at radius 2 is 1.31 bits per heavy atom. The number of amides is 4. The fourth-order valence-electron chi connectivity index (χ4n) is 18.6. The van der Waals surface area contributed by atoms with Crippen LogP contribution in [0.25, 0.3) is 22.0 Å². The lowest BCUT2D eigenvalue weighted by molar-refractivity contribution is -0.265. The van der Waals surface area contributed by atoms with Crippen LogP contribution in [0.1, 0.15) is 160 Å². The van der Waals surface area contributed by atoms with Crippen LogP contribution in [-0.2, 0) is 103 Å². The maximum absolute atomic E-state index is 15.1. The minimum atomic E-state index is -4.73. The number of likely N-dealkylation sites (N-methyl/N-ethyl adjacent to an activating group) is 1. The average molecular weight is 1960 g/mol. The number of esters is 1. The summed E-state index contributed by atoms with van der Waals surface area (Å²) >= 11 is 0. The molecule has 5 aromatic rings. The fourth-order valence-corrected chi connectivity index (χ4v) is 18.6. The van der Waals surface area contributed by atoms with Gasteiger partial charge in [0.1, 0.15) is 36.2 Å². The van der Waals surface area contributed by atoms with Gasteiger partial charge >= 0.3 is 18.2 Å². The van der Waals surface area contributed by atoms with Gasteiger partial charge in [0, 0.05) is 169 Å². The number of ether oxygens (including phenoxy) is 13. The smallest absolute Gasteiger partial charge is 0.418 e. The van der Waals surface area contributed by atoms with E-state index < -0.39 is 138 Å². The third-order valence-electron chi connectivity index (χ3n) is 26.8. The van der Waals surface area contributed by atoms with E-state index in [0.717, 1.165) is 27.7 Å². The number of aromatic nitrogens is 4. The summed E-state index contributed by atoms with van der Waals surface area (Å²) in [5.41, 5.74) is 11.4. The van der Waals surface area contributed by atoms with Gasteiger partial charge in [-0.1, -0.05) is 76.3 Å². The second kappa shape index (κ2) is 54.3. The van der Waals surface area contributed by atoms with Gasteiger partial charge in [0.25, 0.3) is 11.7 Å². The minimum absolute atomic E-state index is 0.00986. The van der Waals surface area contributed by atoms with Gasteiger partial charge in [-0.15, -0.1) is 0 Å². The number of Topliss-reactive ketones (excluding diaryl/α,β-unsaturated/α-hetero) is 3. The summed E-state index contributed by atoms with van der Waals surface area (Å²) in [5, 5.41) is 40.8. The number of anilines is 3. The summed E-state index contributed by atoms with van der Waals surface area (Å²) in [7, 11) is 6.18. The van der Waals surface area contributed by atoms with Gasteiger partial charge in [-0.3, -0.25) is 33.8 Å². The molecule has 1 unspecified atom stereocenters. The highest BCUT2D eigenvalue weighted by Gasteiger charge is 2.54. The maximum Gasteiger partial charge on any atom is 0.418 e. The maximum atomic E-state index is 15.1. The first-order valence-electron chi connectivity index (χ1n) is 48.7. The van der Waals surface area contributed by atoms with Crippen LogP contribution >= 0.6 is 0 Å². The zero-order valence-corrected chi connectivity index (χ0v) is 82.0. The number of cyclic esters (lactones) is 1. The Kier molecular flexibility index (Phi) is 42.8. The molecular formula is C102H140F3N11O24. The number of hydrogen-bond acceptors (Lipinski definition) is 31. The molecule has 8 heterocycles. The van der Waals surface area contributed by atoms with Gasteiger partial charge in [0.2, 0.25) is 29.4 Å². The van der Waals surface area contributed by atoms with E-state index in [0.29, 0.717) is 190 Å². The molecule has 2 aromatic carbocycles. The van der Waals surface area contributed by atoms with Crippen molar-refractivity contribution in [3.05, 3.63) is 143 Å². The number of pyridine rings is 2. The number of aliphatic hydroxyl groups excluding tert-OH is 2. The second-order valence-corrected chi connectivity index (χ2v) is 36.9. The van der Waals surface area contributed by atoms with E-state index >= 15 is 13.2 Å². The number of hydrogen-bond donors (Lipinski definition) is 6. The Hall–Kier alpha value is -10.2. The van der Waals surface area contributed by atoms with Crippen molar-refractivity contribution < 1.29 is 128 Å². The molecule has 3 saturated heterocycles. The number of nitrogens with zero attached hydrogens (tertiary/aromatic N) is 8. The van der Waals surface area contributed by atoms with Gasteiger partial charge in [-0.2, -0.15) is 13.2 Å². The van der Waals surface area contributed by atoms with E-state index in [1.54, 1.807) is 76.7 Å². The van der Waals surface area contributed by atoms with Crippen LogP contribution in [-0.4, -0.2) is 308 Å². The molecule has 0 radical (unpaired) electrons. The van der Waals surface area contributed by atoms with Crippen molar-refractivity contribution in [1.29, 1.82) is 0 Å². The van der Waals surface area contributed by atoms with Crippen molar-refractivity contribution in [1.82, 2.24) is 35.5 Å². The Bertz CT molecular complexity index is 5030. The summed E-state index contributed by atoms with van der Waals surface area (Å²) < 4.78 is 120. The normalized spacial score (nSPS) is 26.7. The molecular weight excluding hydrogens is 1820 g/mol. The first-order valence-corrected chi connectivity index (χ1v) is 48.7. The van der Waals surface area contributed by atoms with Crippen molar-refractivity contribution in [2.75, 3.05) is 175 Å². The third-order valence-corrected chi connectivity index (χ3v) is 26.8. The number of nitrogens with two attached hydrogens (primary N) is 1. The Labute approximate surface area is 816 Å². The van der Waals surface area contributed by atoms with E-state index in [2.05, 4.69) is 30.6 Å². The molecule has 35 nitrogen and oxygen atoms in total. The highest BCUT2D eigenvalue weighted by molar-refractivity contribution is 6.39. The lowest BCUT2D eigenvalue weighted by Crippen LogP contribution is -2.61. The number of fused-ring (bicyclic) bond motifs is 6. The van der Waals surface area contributed by atoms with Crippen molar-refractivity contribution in [3.63, 3.8) is 0 Å². The number of methoxy groups -OCH3 is 3. The number of piperazine rings is 1. The molecule has 140 heavy (non-hydrogen) atoms. The number of alkyl halides is 3. The molecule has 2 bridgehead atoms. The van der Waals surface area contributed by atoms with Gasteiger partial charge in [0.05, 0.1) is 140 Å². The molecule has 4 amide bonds. The van der Waals surface area contributed by atoms with Crippen molar-refractivity contribution in [2.45, 2.75) is 211 Å². The minimum Gasteiger partial charge on any atom is -0.481 e. The predicted octanol–water partition coefficient (Wildman–Crippen LogP) is 10.0. The van der Waals surface area contributed by atoms with E-state index in [1.165, 1.54) is 38.2 Å². The largest absolute Gasteiger partial charge is 0.481 e. The number of piperidine rings is 1. The van der Waals surface area contributed by atoms with E-state index in [1.807, 2.05) is 73.4 Å². The van der Waals surface area contributed by atoms with Gasteiger partial charge < -0.3 is 113 Å². The molecule has 768 valence electrons. The summed E-state index contributed by atoms with van der Waals surface area (Å²) in [5.74, 6) is -10.1. The summed E-state index contributed by atoms with van der Waals surface area (Å²) in [6, 6.07) is 11.1. The number of aliphatic hydroxyl groups is 3. The number of carbonyl (C=O) groups excluding carboxylic acids is 8.